The van der Waals surface area contributed by atoms with Gasteiger partial charge in [0.05, 0.1) is 0 Å². The Kier molecular flexibility index (Phi) is 3.49. The van der Waals surface area contributed by atoms with Gasteiger partial charge < -0.3 is 4.57 Å². The molecule has 0 aliphatic rings. The van der Waals surface area contributed by atoms with Gasteiger partial charge in [0.15, 0.2) is 5.16 Å². The van der Waals surface area contributed by atoms with Gasteiger partial charge >= 0.3 is 0 Å². The lowest BCUT2D eigenvalue weighted by atomic mass is 10.2. The maximum Gasteiger partial charge on any atom is 0.167 e. The summed E-state index contributed by atoms with van der Waals surface area (Å²) in [6.07, 6.45) is 3.78. The van der Waals surface area contributed by atoms with E-state index in [4.69, 9.17) is 0 Å². The predicted octanol–water partition coefficient (Wildman–Crippen LogP) is 3.47. The molecule has 1 aromatic heterocycles. The molecule has 4 heteroatoms. The lowest BCUT2D eigenvalue weighted by molar-refractivity contribution is 0.790. The van der Waals surface area contributed by atoms with Crippen molar-refractivity contribution in [1.82, 2.24) is 9.55 Å². The van der Waals surface area contributed by atoms with Gasteiger partial charge in [-0.25, -0.2) is 4.98 Å². The molecular weight excluding hydrogens is 272 g/mol. The molecule has 0 spiro atoms. The van der Waals surface area contributed by atoms with Crippen molar-refractivity contribution in [3.8, 4) is 0 Å². The number of hydrogen-bond acceptors (Lipinski definition) is 2. The molecule has 1 aromatic carbocycles. The van der Waals surface area contributed by atoms with Crippen molar-refractivity contribution in [3.63, 3.8) is 0 Å². The molecule has 0 bridgehead atoms. The number of hydrogen-bond donors (Lipinski definition) is 0. The molecule has 0 aliphatic heterocycles. The van der Waals surface area contributed by atoms with Gasteiger partial charge in [-0.15, -0.1) is 0 Å². The highest BCUT2D eigenvalue weighted by Crippen LogP contribution is 2.22. The minimum absolute atomic E-state index is 0.949. The number of aryl methyl sites for hydroxylation is 1. The molecule has 2 nitrogen and oxygen atoms in total. The molecule has 2 rings (SSSR count). The van der Waals surface area contributed by atoms with Crippen LogP contribution in [0.25, 0.3) is 0 Å². The van der Waals surface area contributed by atoms with Gasteiger partial charge in [0, 0.05) is 29.7 Å². The molecule has 0 amide bonds. The zero-order valence-electron chi connectivity index (χ0n) is 8.35. The van der Waals surface area contributed by atoms with Gasteiger partial charge in [0.1, 0.15) is 0 Å². The van der Waals surface area contributed by atoms with Gasteiger partial charge in [-0.2, -0.15) is 0 Å². The molecular formula is C11H11BrN2S. The highest BCUT2D eigenvalue weighted by molar-refractivity contribution is 9.10. The average molecular weight is 283 g/mol. The molecule has 0 saturated carbocycles. The fourth-order valence-corrected chi connectivity index (χ4v) is 2.59. The monoisotopic (exact) mass is 282 g/mol. The normalized spacial score (nSPS) is 10.5. The number of thioether (sulfide) groups is 1. The van der Waals surface area contributed by atoms with Crippen LogP contribution in [0.1, 0.15) is 5.56 Å². The van der Waals surface area contributed by atoms with Gasteiger partial charge in [-0.05, 0) is 17.7 Å². The van der Waals surface area contributed by atoms with E-state index in [1.807, 2.05) is 30.1 Å². The Balaban J connectivity index is 2.02. The van der Waals surface area contributed by atoms with E-state index in [1.165, 1.54) is 5.56 Å². The van der Waals surface area contributed by atoms with Gasteiger partial charge in [-0.1, -0.05) is 39.8 Å². The van der Waals surface area contributed by atoms with Crippen molar-refractivity contribution in [2.45, 2.75) is 10.9 Å². The number of halogens is 1. The van der Waals surface area contributed by atoms with E-state index in [1.54, 1.807) is 11.8 Å². The van der Waals surface area contributed by atoms with Crippen molar-refractivity contribution in [1.29, 1.82) is 0 Å². The van der Waals surface area contributed by atoms with Crippen LogP contribution in [0.5, 0.6) is 0 Å². The van der Waals surface area contributed by atoms with Crippen LogP contribution in [0.4, 0.5) is 0 Å². The Morgan fingerprint density at radius 3 is 3.00 bits per heavy atom. The summed E-state index contributed by atoms with van der Waals surface area (Å²) in [5.74, 6) is 0.949. The third-order valence-corrected chi connectivity index (χ3v) is 3.66. The smallest absolute Gasteiger partial charge is 0.167 e. The Morgan fingerprint density at radius 1 is 1.47 bits per heavy atom. The highest BCUT2D eigenvalue weighted by atomic mass is 79.9. The summed E-state index contributed by atoms with van der Waals surface area (Å²) in [4.78, 5) is 4.27. The molecule has 0 aliphatic carbocycles. The minimum Gasteiger partial charge on any atom is -0.329 e. The van der Waals surface area contributed by atoms with Crippen LogP contribution in [0.15, 0.2) is 46.3 Å². The molecule has 0 saturated heterocycles. The van der Waals surface area contributed by atoms with E-state index in [-0.39, 0.29) is 0 Å². The number of rotatable bonds is 3. The molecule has 15 heavy (non-hydrogen) atoms. The molecule has 0 N–H and O–H groups in total. The Labute approximate surface area is 102 Å². The van der Waals surface area contributed by atoms with Crippen LogP contribution >= 0.6 is 27.7 Å². The first-order valence-electron chi connectivity index (χ1n) is 4.60. The second kappa shape index (κ2) is 4.86. The third-order valence-electron chi connectivity index (χ3n) is 2.03. The van der Waals surface area contributed by atoms with Crippen molar-refractivity contribution >= 4 is 27.7 Å². The lowest BCUT2D eigenvalue weighted by Gasteiger charge is -2.02. The molecule has 0 radical (unpaired) electrons. The second-order valence-electron chi connectivity index (χ2n) is 3.24. The highest BCUT2D eigenvalue weighted by Gasteiger charge is 2.00. The van der Waals surface area contributed by atoms with E-state index in [2.05, 4.69) is 39.1 Å². The van der Waals surface area contributed by atoms with E-state index in [0.717, 1.165) is 15.4 Å². The lowest BCUT2D eigenvalue weighted by Crippen LogP contribution is -1.89. The van der Waals surface area contributed by atoms with Crippen molar-refractivity contribution < 1.29 is 0 Å². The van der Waals surface area contributed by atoms with Crippen molar-refractivity contribution in [3.05, 3.63) is 46.7 Å². The van der Waals surface area contributed by atoms with Gasteiger partial charge in [0.2, 0.25) is 0 Å². The topological polar surface area (TPSA) is 17.8 Å². The van der Waals surface area contributed by atoms with Crippen LogP contribution in [-0.2, 0) is 12.8 Å². The molecule has 0 atom stereocenters. The van der Waals surface area contributed by atoms with Crippen LogP contribution < -0.4 is 0 Å². The summed E-state index contributed by atoms with van der Waals surface area (Å²) in [6, 6.07) is 8.35. The number of imidazole rings is 1. The number of aromatic nitrogens is 2. The maximum absolute atomic E-state index is 4.27. The first-order chi connectivity index (χ1) is 7.25. The quantitative estimate of drug-likeness (QED) is 0.803. The largest absolute Gasteiger partial charge is 0.329 e. The first-order valence-corrected chi connectivity index (χ1v) is 6.38. The zero-order valence-corrected chi connectivity index (χ0v) is 10.8. The molecule has 2 aromatic rings. The summed E-state index contributed by atoms with van der Waals surface area (Å²) in [7, 11) is 2.01. The number of nitrogens with zero attached hydrogens (tertiary/aromatic N) is 2. The van der Waals surface area contributed by atoms with Crippen LogP contribution in [0, 0.1) is 0 Å². The summed E-state index contributed by atoms with van der Waals surface area (Å²) in [5, 5.41) is 1.05. The van der Waals surface area contributed by atoms with E-state index >= 15 is 0 Å². The fraction of sp³-hybridized carbons (Fsp3) is 0.182. The molecule has 0 unspecified atom stereocenters. The van der Waals surface area contributed by atoms with Gasteiger partial charge in [-0.3, -0.25) is 0 Å². The minimum atomic E-state index is 0.949. The van der Waals surface area contributed by atoms with Gasteiger partial charge in [0.25, 0.3) is 0 Å². The van der Waals surface area contributed by atoms with Crippen LogP contribution in [0.2, 0.25) is 0 Å². The van der Waals surface area contributed by atoms with Crippen LogP contribution in [-0.4, -0.2) is 9.55 Å². The molecule has 1 heterocycles. The second-order valence-corrected chi connectivity index (χ2v) is 5.10. The van der Waals surface area contributed by atoms with Crippen molar-refractivity contribution in [2.24, 2.45) is 7.05 Å². The number of benzene rings is 1. The zero-order chi connectivity index (χ0) is 10.7. The maximum atomic E-state index is 4.27. The Morgan fingerprint density at radius 2 is 2.33 bits per heavy atom. The molecule has 0 fully saturated rings. The first kappa shape index (κ1) is 10.8. The summed E-state index contributed by atoms with van der Waals surface area (Å²) < 4.78 is 3.16. The van der Waals surface area contributed by atoms with E-state index in [9.17, 15) is 0 Å². The van der Waals surface area contributed by atoms with E-state index < -0.39 is 0 Å². The Bertz CT molecular complexity index is 453. The molecule has 78 valence electrons. The standard InChI is InChI=1S/C11H11BrN2S/c1-14-6-5-13-11(14)15-8-9-3-2-4-10(12)7-9/h2-7H,8H2,1H3. The third kappa shape index (κ3) is 2.86. The average Bonchev–Trinajstić information content (AvgIpc) is 2.61. The summed E-state index contributed by atoms with van der Waals surface area (Å²) in [6.45, 7) is 0. The fourth-order valence-electron chi connectivity index (χ4n) is 1.27. The van der Waals surface area contributed by atoms with Crippen molar-refractivity contribution in [2.75, 3.05) is 0 Å². The summed E-state index contributed by atoms with van der Waals surface area (Å²) >= 11 is 5.21. The SMILES string of the molecule is Cn1ccnc1SCc1cccc(Br)c1. The predicted molar refractivity (Wildman–Crippen MR) is 66.9 cm³/mol. The van der Waals surface area contributed by atoms with Crippen LogP contribution in [0.3, 0.4) is 0 Å². The Hall–Kier alpha value is -0.740. The summed E-state index contributed by atoms with van der Waals surface area (Å²) in [5.41, 5.74) is 1.30. The van der Waals surface area contributed by atoms with E-state index in [0.29, 0.717) is 0 Å².